The molecular formula is C21H19N3O4. The average molecular weight is 377 g/mol. The first-order valence-electron chi connectivity index (χ1n) is 8.52. The fourth-order valence-corrected chi connectivity index (χ4v) is 2.76. The summed E-state index contributed by atoms with van der Waals surface area (Å²) < 4.78 is 6.56. The van der Waals surface area contributed by atoms with Crippen LogP contribution in [0, 0.1) is 0 Å². The number of rotatable bonds is 6. The Hall–Kier alpha value is -3.87. The fourth-order valence-electron chi connectivity index (χ4n) is 2.76. The van der Waals surface area contributed by atoms with Crippen molar-refractivity contribution in [3.8, 4) is 5.75 Å². The number of carbonyl (C=O) groups excluding carboxylic acids is 2. The highest BCUT2D eigenvalue weighted by atomic mass is 16.5. The van der Waals surface area contributed by atoms with Crippen molar-refractivity contribution in [2.75, 3.05) is 12.4 Å². The van der Waals surface area contributed by atoms with E-state index >= 15 is 0 Å². The zero-order chi connectivity index (χ0) is 20.1. The molecule has 142 valence electrons. The standard InChI is InChI=1S/C21H19N3O4/c1-28-15-10-8-14(9-11-15)13-24-12-4-6-17(21(24)27)20(26)23-18-7-3-2-5-16(18)19(22)25/h2-12H,13H2,1H3,(H2,22,25)(H,23,26). The molecule has 0 aliphatic rings. The van der Waals surface area contributed by atoms with Gasteiger partial charge in [-0.25, -0.2) is 0 Å². The van der Waals surface area contributed by atoms with Crippen LogP contribution in [0.4, 0.5) is 5.69 Å². The second kappa shape index (κ2) is 8.22. The fraction of sp³-hybridized carbons (Fsp3) is 0.0952. The maximum atomic E-state index is 12.7. The highest BCUT2D eigenvalue weighted by molar-refractivity contribution is 6.08. The van der Waals surface area contributed by atoms with Crippen LogP contribution in [0.5, 0.6) is 5.75 Å². The van der Waals surface area contributed by atoms with E-state index < -0.39 is 17.4 Å². The van der Waals surface area contributed by atoms with E-state index in [1.807, 2.05) is 12.1 Å². The molecule has 2 aromatic carbocycles. The SMILES string of the molecule is COc1ccc(Cn2cccc(C(=O)Nc3ccccc3C(N)=O)c2=O)cc1. The third-order valence-corrected chi connectivity index (χ3v) is 4.22. The van der Waals surface area contributed by atoms with Gasteiger partial charge in [-0.15, -0.1) is 0 Å². The first-order chi connectivity index (χ1) is 13.5. The Balaban J connectivity index is 1.85. The number of aromatic nitrogens is 1. The van der Waals surface area contributed by atoms with E-state index in [0.717, 1.165) is 11.3 Å². The van der Waals surface area contributed by atoms with Crippen molar-refractivity contribution in [3.63, 3.8) is 0 Å². The summed E-state index contributed by atoms with van der Waals surface area (Å²) in [7, 11) is 1.58. The zero-order valence-electron chi connectivity index (χ0n) is 15.2. The first kappa shape index (κ1) is 18.9. The lowest BCUT2D eigenvalue weighted by Crippen LogP contribution is -2.29. The number of pyridine rings is 1. The predicted octanol–water partition coefficient (Wildman–Crippen LogP) is 2.26. The van der Waals surface area contributed by atoms with Gasteiger partial charge in [0.2, 0.25) is 0 Å². The lowest BCUT2D eigenvalue weighted by molar-refractivity contribution is 0.100. The van der Waals surface area contributed by atoms with Crippen molar-refractivity contribution in [1.82, 2.24) is 4.57 Å². The number of amides is 2. The minimum absolute atomic E-state index is 0.0321. The van der Waals surface area contributed by atoms with Gasteiger partial charge in [0, 0.05) is 6.20 Å². The van der Waals surface area contributed by atoms with Crippen molar-refractivity contribution in [3.05, 3.63) is 93.9 Å². The highest BCUT2D eigenvalue weighted by Gasteiger charge is 2.15. The number of hydrogen-bond acceptors (Lipinski definition) is 4. The van der Waals surface area contributed by atoms with E-state index in [1.54, 1.807) is 49.7 Å². The quantitative estimate of drug-likeness (QED) is 0.688. The number of carbonyl (C=O) groups is 2. The number of ether oxygens (including phenoxy) is 1. The van der Waals surface area contributed by atoms with E-state index in [0.29, 0.717) is 6.54 Å². The minimum Gasteiger partial charge on any atom is -0.497 e. The molecule has 0 fully saturated rings. The summed E-state index contributed by atoms with van der Waals surface area (Å²) in [5, 5.41) is 2.59. The molecule has 0 saturated heterocycles. The maximum absolute atomic E-state index is 12.7. The Labute approximate surface area is 161 Å². The molecule has 0 atom stereocenters. The Morgan fingerprint density at radius 3 is 2.36 bits per heavy atom. The topological polar surface area (TPSA) is 103 Å². The molecule has 3 aromatic rings. The predicted molar refractivity (Wildman–Crippen MR) is 106 cm³/mol. The summed E-state index contributed by atoms with van der Waals surface area (Å²) in [5.41, 5.74) is 6.17. The molecule has 0 spiro atoms. The van der Waals surface area contributed by atoms with Crippen LogP contribution in [0.15, 0.2) is 71.7 Å². The molecule has 0 saturated carbocycles. The molecule has 7 nitrogen and oxygen atoms in total. The molecule has 0 aliphatic heterocycles. The van der Waals surface area contributed by atoms with Gasteiger partial charge in [-0.3, -0.25) is 14.4 Å². The minimum atomic E-state index is -0.666. The van der Waals surface area contributed by atoms with Crippen molar-refractivity contribution in [1.29, 1.82) is 0 Å². The van der Waals surface area contributed by atoms with Crippen LogP contribution in [0.3, 0.4) is 0 Å². The van der Waals surface area contributed by atoms with Gasteiger partial charge in [-0.05, 0) is 42.0 Å². The van der Waals surface area contributed by atoms with Gasteiger partial charge in [0.25, 0.3) is 17.4 Å². The number of anilines is 1. The van der Waals surface area contributed by atoms with Crippen LogP contribution < -0.4 is 21.3 Å². The van der Waals surface area contributed by atoms with Crippen molar-refractivity contribution in [2.45, 2.75) is 6.54 Å². The van der Waals surface area contributed by atoms with Crippen LogP contribution >= 0.6 is 0 Å². The van der Waals surface area contributed by atoms with Gasteiger partial charge in [0.1, 0.15) is 11.3 Å². The van der Waals surface area contributed by atoms with E-state index in [1.165, 1.54) is 16.7 Å². The summed E-state index contributed by atoms with van der Waals surface area (Å²) in [6, 6.07) is 16.7. The van der Waals surface area contributed by atoms with E-state index in [2.05, 4.69) is 5.32 Å². The lowest BCUT2D eigenvalue weighted by Gasteiger charge is -2.11. The maximum Gasteiger partial charge on any atom is 0.263 e. The summed E-state index contributed by atoms with van der Waals surface area (Å²) in [6.07, 6.45) is 1.61. The molecule has 1 aromatic heterocycles. The third kappa shape index (κ3) is 4.09. The Bertz CT molecular complexity index is 1070. The molecule has 0 radical (unpaired) electrons. The van der Waals surface area contributed by atoms with Crippen molar-refractivity contribution >= 4 is 17.5 Å². The lowest BCUT2D eigenvalue weighted by atomic mass is 10.1. The van der Waals surface area contributed by atoms with Crippen LogP contribution in [0.1, 0.15) is 26.3 Å². The van der Waals surface area contributed by atoms with Crippen LogP contribution in [-0.4, -0.2) is 23.5 Å². The largest absolute Gasteiger partial charge is 0.497 e. The third-order valence-electron chi connectivity index (χ3n) is 4.22. The molecule has 0 bridgehead atoms. The molecular weight excluding hydrogens is 358 g/mol. The van der Waals surface area contributed by atoms with Crippen LogP contribution in [0.2, 0.25) is 0 Å². The number of benzene rings is 2. The molecule has 1 heterocycles. The highest BCUT2D eigenvalue weighted by Crippen LogP contribution is 2.15. The second-order valence-corrected chi connectivity index (χ2v) is 6.07. The number of nitrogens with zero attached hydrogens (tertiary/aromatic N) is 1. The Kier molecular flexibility index (Phi) is 5.55. The molecule has 28 heavy (non-hydrogen) atoms. The van der Waals surface area contributed by atoms with Crippen LogP contribution in [0.25, 0.3) is 0 Å². The van der Waals surface area contributed by atoms with Gasteiger partial charge < -0.3 is 20.4 Å². The number of para-hydroxylation sites is 1. The number of nitrogens with two attached hydrogens (primary N) is 1. The molecule has 0 aliphatic carbocycles. The molecule has 3 N–H and O–H groups in total. The number of nitrogens with one attached hydrogen (secondary N) is 1. The molecule has 3 rings (SSSR count). The number of methoxy groups -OCH3 is 1. The Morgan fingerprint density at radius 1 is 1.00 bits per heavy atom. The van der Waals surface area contributed by atoms with Gasteiger partial charge in [0.15, 0.2) is 0 Å². The summed E-state index contributed by atoms with van der Waals surface area (Å²) >= 11 is 0. The summed E-state index contributed by atoms with van der Waals surface area (Å²) in [5.74, 6) is -0.555. The van der Waals surface area contributed by atoms with E-state index in [4.69, 9.17) is 10.5 Å². The number of primary amides is 1. The van der Waals surface area contributed by atoms with Crippen molar-refractivity contribution in [2.24, 2.45) is 5.73 Å². The van der Waals surface area contributed by atoms with E-state index in [-0.39, 0.29) is 16.8 Å². The normalized spacial score (nSPS) is 10.3. The zero-order valence-corrected chi connectivity index (χ0v) is 15.2. The molecule has 0 unspecified atom stereocenters. The van der Waals surface area contributed by atoms with Gasteiger partial charge in [-0.1, -0.05) is 24.3 Å². The van der Waals surface area contributed by atoms with Gasteiger partial charge in [-0.2, -0.15) is 0 Å². The first-order valence-corrected chi connectivity index (χ1v) is 8.52. The summed E-state index contributed by atoms with van der Waals surface area (Å²) in [6.45, 7) is 0.307. The second-order valence-electron chi connectivity index (χ2n) is 6.07. The molecule has 7 heteroatoms. The van der Waals surface area contributed by atoms with Gasteiger partial charge in [0.05, 0.1) is 24.9 Å². The van der Waals surface area contributed by atoms with Gasteiger partial charge >= 0.3 is 0 Å². The number of hydrogen-bond donors (Lipinski definition) is 2. The van der Waals surface area contributed by atoms with Crippen LogP contribution in [-0.2, 0) is 6.54 Å². The average Bonchev–Trinajstić information content (AvgIpc) is 2.70. The Morgan fingerprint density at radius 2 is 1.68 bits per heavy atom. The smallest absolute Gasteiger partial charge is 0.263 e. The summed E-state index contributed by atoms with van der Waals surface area (Å²) in [4.78, 5) is 36.8. The van der Waals surface area contributed by atoms with E-state index in [9.17, 15) is 14.4 Å². The van der Waals surface area contributed by atoms with Crippen molar-refractivity contribution < 1.29 is 14.3 Å². The molecule has 2 amide bonds. The monoisotopic (exact) mass is 377 g/mol.